The lowest BCUT2D eigenvalue weighted by Gasteiger charge is -2.14. The predicted molar refractivity (Wildman–Crippen MR) is 73.3 cm³/mol. The van der Waals surface area contributed by atoms with E-state index in [0.29, 0.717) is 5.92 Å². The normalized spacial score (nSPS) is 14.4. The van der Waals surface area contributed by atoms with Crippen LogP contribution in [-0.4, -0.2) is 16.1 Å². The van der Waals surface area contributed by atoms with E-state index in [-0.39, 0.29) is 5.69 Å². The molecule has 1 N–H and O–H groups in total. The Labute approximate surface area is 111 Å². The summed E-state index contributed by atoms with van der Waals surface area (Å²) in [6.07, 6.45) is 3.97. The fraction of sp³-hybridized carbons (Fsp3) is 0.250. The van der Waals surface area contributed by atoms with Crippen LogP contribution in [0.25, 0.3) is 11.1 Å². The van der Waals surface area contributed by atoms with Crippen molar-refractivity contribution in [2.75, 3.05) is 0 Å². The van der Waals surface area contributed by atoms with Crippen LogP contribution in [0.15, 0.2) is 36.5 Å². The Morgan fingerprint density at radius 3 is 2.53 bits per heavy atom. The Hall–Kier alpha value is -2.16. The summed E-state index contributed by atoms with van der Waals surface area (Å²) in [5.41, 5.74) is 4.16. The summed E-state index contributed by atoms with van der Waals surface area (Å²) < 4.78 is 0. The van der Waals surface area contributed by atoms with E-state index in [0.717, 1.165) is 29.5 Å². The van der Waals surface area contributed by atoms with Crippen molar-refractivity contribution in [1.29, 1.82) is 0 Å². The smallest absolute Gasteiger partial charge is 0.355 e. The van der Waals surface area contributed by atoms with Crippen LogP contribution in [0.1, 0.15) is 40.4 Å². The maximum Gasteiger partial charge on any atom is 0.355 e. The number of carboxylic acid groups (broad SMARTS) is 1. The minimum Gasteiger partial charge on any atom is -0.476 e. The molecule has 3 heteroatoms. The summed E-state index contributed by atoms with van der Waals surface area (Å²) in [5.74, 6) is -0.461. The highest BCUT2D eigenvalue weighted by Gasteiger charge is 2.31. The highest BCUT2D eigenvalue weighted by Crippen LogP contribution is 2.46. The van der Waals surface area contributed by atoms with E-state index in [1.165, 1.54) is 5.56 Å². The standard InChI is InChI=1S/C16H15NO2/c1-10-9-17-15(16(18)19)14(13(10)12-7-8-12)11-5-3-2-4-6-11/h2-6,9,12H,7-8H2,1H3,(H,18,19). The Balaban J connectivity index is 2.29. The lowest BCUT2D eigenvalue weighted by atomic mass is 9.92. The molecule has 0 saturated heterocycles. The number of hydrogen-bond donors (Lipinski definition) is 1. The molecule has 2 aromatic rings. The fourth-order valence-electron chi connectivity index (χ4n) is 2.58. The molecule has 0 spiro atoms. The second-order valence-corrected chi connectivity index (χ2v) is 5.02. The van der Waals surface area contributed by atoms with Gasteiger partial charge in [-0.25, -0.2) is 9.78 Å². The Morgan fingerprint density at radius 1 is 1.26 bits per heavy atom. The molecule has 1 fully saturated rings. The van der Waals surface area contributed by atoms with Gasteiger partial charge in [0.25, 0.3) is 0 Å². The van der Waals surface area contributed by atoms with Crippen molar-refractivity contribution in [2.24, 2.45) is 0 Å². The maximum atomic E-state index is 11.4. The summed E-state index contributed by atoms with van der Waals surface area (Å²) in [6, 6.07) is 9.70. The molecule has 1 aromatic carbocycles. The fourth-order valence-corrected chi connectivity index (χ4v) is 2.58. The minimum absolute atomic E-state index is 0.165. The molecule has 1 aliphatic rings. The average molecular weight is 253 g/mol. The van der Waals surface area contributed by atoms with Crippen molar-refractivity contribution in [1.82, 2.24) is 4.98 Å². The predicted octanol–water partition coefficient (Wildman–Crippen LogP) is 3.63. The molecule has 0 amide bonds. The molecule has 1 aromatic heterocycles. The molecule has 0 aliphatic heterocycles. The number of nitrogens with zero attached hydrogens (tertiary/aromatic N) is 1. The molecule has 1 heterocycles. The van der Waals surface area contributed by atoms with Crippen molar-refractivity contribution in [3.05, 3.63) is 53.3 Å². The lowest BCUT2D eigenvalue weighted by molar-refractivity contribution is 0.0691. The maximum absolute atomic E-state index is 11.4. The van der Waals surface area contributed by atoms with Crippen LogP contribution in [0.3, 0.4) is 0 Å². The van der Waals surface area contributed by atoms with Crippen LogP contribution >= 0.6 is 0 Å². The second kappa shape index (κ2) is 4.50. The summed E-state index contributed by atoms with van der Waals surface area (Å²) >= 11 is 0. The second-order valence-electron chi connectivity index (χ2n) is 5.02. The van der Waals surface area contributed by atoms with Gasteiger partial charge in [-0.2, -0.15) is 0 Å². The zero-order chi connectivity index (χ0) is 13.4. The lowest BCUT2D eigenvalue weighted by Crippen LogP contribution is -2.07. The number of aryl methyl sites for hydroxylation is 1. The van der Waals surface area contributed by atoms with Gasteiger partial charge < -0.3 is 5.11 Å². The Bertz CT molecular complexity index is 631. The van der Waals surface area contributed by atoms with E-state index < -0.39 is 5.97 Å². The van der Waals surface area contributed by atoms with Crippen LogP contribution in [0, 0.1) is 6.92 Å². The van der Waals surface area contributed by atoms with Gasteiger partial charge in [-0.3, -0.25) is 0 Å². The minimum atomic E-state index is -0.958. The van der Waals surface area contributed by atoms with Crippen LogP contribution in [0.2, 0.25) is 0 Å². The number of benzene rings is 1. The van der Waals surface area contributed by atoms with Crippen molar-refractivity contribution in [2.45, 2.75) is 25.7 Å². The Morgan fingerprint density at radius 2 is 1.95 bits per heavy atom. The first kappa shape index (κ1) is 11.9. The van der Waals surface area contributed by atoms with E-state index in [9.17, 15) is 9.90 Å². The van der Waals surface area contributed by atoms with Crippen LogP contribution in [0.5, 0.6) is 0 Å². The van der Waals surface area contributed by atoms with E-state index in [2.05, 4.69) is 4.98 Å². The van der Waals surface area contributed by atoms with E-state index in [4.69, 9.17) is 0 Å². The number of aromatic nitrogens is 1. The van der Waals surface area contributed by atoms with Gasteiger partial charge in [-0.05, 0) is 42.4 Å². The van der Waals surface area contributed by atoms with E-state index in [1.807, 2.05) is 37.3 Å². The number of pyridine rings is 1. The third-order valence-electron chi connectivity index (χ3n) is 3.57. The zero-order valence-corrected chi connectivity index (χ0v) is 10.8. The molecule has 0 unspecified atom stereocenters. The van der Waals surface area contributed by atoms with Gasteiger partial charge >= 0.3 is 5.97 Å². The highest BCUT2D eigenvalue weighted by atomic mass is 16.4. The third kappa shape index (κ3) is 2.12. The van der Waals surface area contributed by atoms with E-state index >= 15 is 0 Å². The van der Waals surface area contributed by atoms with Crippen molar-refractivity contribution >= 4 is 5.97 Å². The molecule has 0 radical (unpaired) electrons. The molecule has 19 heavy (non-hydrogen) atoms. The molecule has 3 nitrogen and oxygen atoms in total. The summed E-state index contributed by atoms with van der Waals surface area (Å²) in [7, 11) is 0. The first-order chi connectivity index (χ1) is 9.18. The molecule has 0 atom stereocenters. The van der Waals surface area contributed by atoms with Crippen LogP contribution < -0.4 is 0 Å². The number of carbonyl (C=O) groups is 1. The monoisotopic (exact) mass is 253 g/mol. The largest absolute Gasteiger partial charge is 0.476 e. The third-order valence-corrected chi connectivity index (χ3v) is 3.57. The summed E-state index contributed by atoms with van der Waals surface area (Å²) in [6.45, 7) is 2.01. The molecule has 3 rings (SSSR count). The Kier molecular flexibility index (Phi) is 2.82. The first-order valence-corrected chi connectivity index (χ1v) is 6.46. The molecular formula is C16H15NO2. The van der Waals surface area contributed by atoms with Crippen LogP contribution in [-0.2, 0) is 0 Å². The van der Waals surface area contributed by atoms with Gasteiger partial charge in [0.15, 0.2) is 5.69 Å². The summed E-state index contributed by atoms with van der Waals surface area (Å²) in [4.78, 5) is 15.6. The molecule has 1 aliphatic carbocycles. The summed E-state index contributed by atoms with van der Waals surface area (Å²) in [5, 5.41) is 9.38. The van der Waals surface area contributed by atoms with Gasteiger partial charge in [0.2, 0.25) is 0 Å². The topological polar surface area (TPSA) is 50.2 Å². The highest BCUT2D eigenvalue weighted by molar-refractivity contribution is 5.95. The SMILES string of the molecule is Cc1cnc(C(=O)O)c(-c2ccccc2)c1C1CC1. The van der Waals surface area contributed by atoms with Gasteiger partial charge in [0.1, 0.15) is 0 Å². The van der Waals surface area contributed by atoms with Gasteiger partial charge in [-0.15, -0.1) is 0 Å². The molecule has 96 valence electrons. The quantitative estimate of drug-likeness (QED) is 0.908. The average Bonchev–Trinajstić information content (AvgIpc) is 3.23. The van der Waals surface area contributed by atoms with E-state index in [1.54, 1.807) is 6.20 Å². The van der Waals surface area contributed by atoms with Crippen LogP contribution in [0.4, 0.5) is 0 Å². The molecule has 1 saturated carbocycles. The molecule has 0 bridgehead atoms. The number of rotatable bonds is 3. The number of hydrogen-bond acceptors (Lipinski definition) is 2. The van der Waals surface area contributed by atoms with Gasteiger partial charge in [0.05, 0.1) is 0 Å². The number of carboxylic acids is 1. The van der Waals surface area contributed by atoms with Gasteiger partial charge in [-0.1, -0.05) is 30.3 Å². The molecular weight excluding hydrogens is 238 g/mol. The van der Waals surface area contributed by atoms with Crippen molar-refractivity contribution in [3.8, 4) is 11.1 Å². The van der Waals surface area contributed by atoms with Gasteiger partial charge in [0, 0.05) is 11.8 Å². The number of aromatic carboxylic acids is 1. The van der Waals surface area contributed by atoms with Crippen molar-refractivity contribution < 1.29 is 9.90 Å². The first-order valence-electron chi connectivity index (χ1n) is 6.46. The van der Waals surface area contributed by atoms with Crippen molar-refractivity contribution in [3.63, 3.8) is 0 Å². The zero-order valence-electron chi connectivity index (χ0n) is 10.8.